The van der Waals surface area contributed by atoms with Crippen LogP contribution in [0.15, 0.2) is 35.4 Å². The quantitative estimate of drug-likeness (QED) is 0.888. The highest BCUT2D eigenvalue weighted by Gasteiger charge is 2.17. The van der Waals surface area contributed by atoms with E-state index in [4.69, 9.17) is 5.73 Å². The van der Waals surface area contributed by atoms with Crippen LogP contribution in [0.1, 0.15) is 5.56 Å². The Labute approximate surface area is 118 Å². The van der Waals surface area contributed by atoms with Crippen molar-refractivity contribution >= 4 is 33.3 Å². The number of benzene rings is 1. The molecule has 2 aromatic rings. The van der Waals surface area contributed by atoms with E-state index in [1.165, 1.54) is 0 Å². The predicted octanol–water partition coefficient (Wildman–Crippen LogP) is 1.20. The number of hydrogen-bond donors (Lipinski definition) is 2. The standard InChI is InChI=1S/C12H15N3O2S.ClH/c1-9-7-10-3-2-4-11(12(10)14-8-9)18(16,17)15-6-5-13;/h2-4,7-8,15H,5-6,13H2,1H3;1H. The van der Waals surface area contributed by atoms with Gasteiger partial charge in [-0.2, -0.15) is 0 Å². The van der Waals surface area contributed by atoms with Gasteiger partial charge >= 0.3 is 0 Å². The summed E-state index contributed by atoms with van der Waals surface area (Å²) in [4.78, 5) is 4.39. The Morgan fingerprint density at radius 3 is 2.79 bits per heavy atom. The molecule has 5 nitrogen and oxygen atoms in total. The lowest BCUT2D eigenvalue weighted by molar-refractivity contribution is 0.583. The molecular weight excluding hydrogens is 286 g/mol. The molecule has 0 radical (unpaired) electrons. The minimum atomic E-state index is -3.55. The Bertz CT molecular complexity index is 674. The van der Waals surface area contributed by atoms with Gasteiger partial charge in [0.05, 0.1) is 5.52 Å². The van der Waals surface area contributed by atoms with E-state index in [0.717, 1.165) is 10.9 Å². The Balaban J connectivity index is 0.00000180. The molecule has 104 valence electrons. The Morgan fingerprint density at radius 2 is 2.11 bits per heavy atom. The molecule has 0 saturated carbocycles. The fraction of sp³-hybridized carbons (Fsp3) is 0.250. The van der Waals surface area contributed by atoms with Gasteiger partial charge in [0.15, 0.2) is 0 Å². The third kappa shape index (κ3) is 3.42. The van der Waals surface area contributed by atoms with Crippen molar-refractivity contribution in [1.82, 2.24) is 9.71 Å². The van der Waals surface area contributed by atoms with Crippen LogP contribution in [0, 0.1) is 6.92 Å². The summed E-state index contributed by atoms with van der Waals surface area (Å²) >= 11 is 0. The number of hydrogen-bond acceptors (Lipinski definition) is 4. The van der Waals surface area contributed by atoms with Gasteiger partial charge in [0.1, 0.15) is 4.90 Å². The van der Waals surface area contributed by atoms with Crippen molar-refractivity contribution in [2.75, 3.05) is 13.1 Å². The number of halogens is 1. The van der Waals surface area contributed by atoms with Gasteiger partial charge in [-0.15, -0.1) is 12.4 Å². The summed E-state index contributed by atoms with van der Waals surface area (Å²) in [6, 6.07) is 7.01. The highest BCUT2D eigenvalue weighted by molar-refractivity contribution is 7.89. The molecule has 0 aliphatic rings. The molecule has 1 heterocycles. The van der Waals surface area contributed by atoms with Crippen LogP contribution < -0.4 is 10.5 Å². The normalized spacial score (nSPS) is 11.3. The number of fused-ring (bicyclic) bond motifs is 1. The first kappa shape index (κ1) is 15.8. The molecule has 0 saturated heterocycles. The molecule has 19 heavy (non-hydrogen) atoms. The molecule has 0 atom stereocenters. The highest BCUT2D eigenvalue weighted by Crippen LogP contribution is 2.21. The second kappa shape index (κ2) is 6.29. The molecule has 0 unspecified atom stereocenters. The summed E-state index contributed by atoms with van der Waals surface area (Å²) in [6.07, 6.45) is 1.66. The minimum Gasteiger partial charge on any atom is -0.329 e. The maximum Gasteiger partial charge on any atom is 0.242 e. The van der Waals surface area contributed by atoms with Crippen molar-refractivity contribution in [2.24, 2.45) is 5.73 Å². The zero-order chi connectivity index (χ0) is 13.2. The second-order valence-electron chi connectivity index (χ2n) is 4.03. The zero-order valence-electron chi connectivity index (χ0n) is 10.5. The molecular formula is C12H16ClN3O2S. The van der Waals surface area contributed by atoms with E-state index in [1.807, 2.05) is 19.1 Å². The van der Waals surface area contributed by atoms with Crippen molar-refractivity contribution in [3.63, 3.8) is 0 Å². The fourth-order valence-electron chi connectivity index (χ4n) is 1.73. The number of aromatic nitrogens is 1. The third-order valence-corrected chi connectivity index (χ3v) is 4.03. The van der Waals surface area contributed by atoms with Gasteiger partial charge in [-0.25, -0.2) is 13.1 Å². The van der Waals surface area contributed by atoms with Crippen LogP contribution in [0.3, 0.4) is 0 Å². The smallest absolute Gasteiger partial charge is 0.242 e. The molecule has 1 aromatic heterocycles. The maximum atomic E-state index is 12.1. The predicted molar refractivity (Wildman–Crippen MR) is 78.0 cm³/mol. The van der Waals surface area contributed by atoms with Crippen LogP contribution in [0.5, 0.6) is 0 Å². The highest BCUT2D eigenvalue weighted by atomic mass is 35.5. The van der Waals surface area contributed by atoms with Crippen LogP contribution in [0.25, 0.3) is 10.9 Å². The lowest BCUT2D eigenvalue weighted by Crippen LogP contribution is -2.29. The molecule has 3 N–H and O–H groups in total. The molecule has 7 heteroatoms. The van der Waals surface area contributed by atoms with Crippen LogP contribution in [0.2, 0.25) is 0 Å². The summed E-state index contributed by atoms with van der Waals surface area (Å²) < 4.78 is 26.6. The van der Waals surface area contributed by atoms with Gasteiger partial charge in [-0.3, -0.25) is 4.98 Å². The molecule has 2 rings (SSSR count). The number of aryl methyl sites for hydroxylation is 1. The van der Waals surface area contributed by atoms with E-state index in [-0.39, 0.29) is 30.4 Å². The van der Waals surface area contributed by atoms with Crippen molar-refractivity contribution < 1.29 is 8.42 Å². The van der Waals surface area contributed by atoms with Crippen LogP contribution >= 0.6 is 12.4 Å². The Morgan fingerprint density at radius 1 is 1.37 bits per heavy atom. The second-order valence-corrected chi connectivity index (χ2v) is 5.76. The molecule has 0 fully saturated rings. The number of nitrogens with one attached hydrogen (secondary N) is 1. The van der Waals surface area contributed by atoms with Crippen molar-refractivity contribution in [3.05, 3.63) is 36.0 Å². The number of para-hydroxylation sites is 1. The number of pyridine rings is 1. The number of sulfonamides is 1. The summed E-state index contributed by atoms with van der Waals surface area (Å²) in [6.45, 7) is 2.39. The van der Waals surface area contributed by atoms with Gasteiger partial charge < -0.3 is 5.73 Å². The molecule has 0 bridgehead atoms. The van der Waals surface area contributed by atoms with E-state index in [2.05, 4.69) is 9.71 Å². The van der Waals surface area contributed by atoms with Crippen LogP contribution in [-0.4, -0.2) is 26.5 Å². The lowest BCUT2D eigenvalue weighted by atomic mass is 10.2. The molecule has 0 aliphatic carbocycles. The van der Waals surface area contributed by atoms with E-state index in [0.29, 0.717) is 5.52 Å². The number of rotatable bonds is 4. The van der Waals surface area contributed by atoms with Gasteiger partial charge in [0, 0.05) is 24.7 Å². The summed E-state index contributed by atoms with van der Waals surface area (Å²) in [5.74, 6) is 0. The van der Waals surface area contributed by atoms with Crippen LogP contribution in [-0.2, 0) is 10.0 Å². The fourth-order valence-corrected chi connectivity index (χ4v) is 2.96. The maximum absolute atomic E-state index is 12.1. The first-order valence-corrected chi connectivity index (χ1v) is 7.08. The Kier molecular flexibility index (Phi) is 5.25. The largest absolute Gasteiger partial charge is 0.329 e. The monoisotopic (exact) mass is 301 g/mol. The minimum absolute atomic E-state index is 0. The molecule has 0 spiro atoms. The van der Waals surface area contributed by atoms with E-state index in [9.17, 15) is 8.42 Å². The first-order valence-electron chi connectivity index (χ1n) is 5.60. The van der Waals surface area contributed by atoms with Gasteiger partial charge in [0.2, 0.25) is 10.0 Å². The first-order chi connectivity index (χ1) is 8.54. The Hall–Kier alpha value is -1.21. The van der Waals surface area contributed by atoms with E-state index >= 15 is 0 Å². The number of nitrogens with zero attached hydrogens (tertiary/aromatic N) is 1. The molecule has 0 aliphatic heterocycles. The van der Waals surface area contributed by atoms with Gasteiger partial charge in [-0.1, -0.05) is 12.1 Å². The topological polar surface area (TPSA) is 85.1 Å². The van der Waals surface area contributed by atoms with Gasteiger partial charge in [0.25, 0.3) is 0 Å². The average molecular weight is 302 g/mol. The average Bonchev–Trinajstić information content (AvgIpc) is 2.35. The van der Waals surface area contributed by atoms with E-state index < -0.39 is 10.0 Å². The number of nitrogens with two attached hydrogens (primary N) is 1. The van der Waals surface area contributed by atoms with Gasteiger partial charge in [-0.05, 0) is 24.6 Å². The molecule has 1 aromatic carbocycles. The van der Waals surface area contributed by atoms with Crippen molar-refractivity contribution in [1.29, 1.82) is 0 Å². The van der Waals surface area contributed by atoms with Crippen LogP contribution in [0.4, 0.5) is 0 Å². The summed E-state index contributed by atoms with van der Waals surface area (Å²) in [7, 11) is -3.55. The van der Waals surface area contributed by atoms with Crippen molar-refractivity contribution in [3.8, 4) is 0 Å². The SMILES string of the molecule is Cc1cnc2c(S(=O)(=O)NCCN)cccc2c1.Cl. The molecule has 0 amide bonds. The summed E-state index contributed by atoms with van der Waals surface area (Å²) in [5.41, 5.74) is 6.78. The third-order valence-electron chi connectivity index (χ3n) is 2.54. The lowest BCUT2D eigenvalue weighted by Gasteiger charge is -2.08. The van der Waals surface area contributed by atoms with E-state index in [1.54, 1.807) is 18.3 Å². The summed E-state index contributed by atoms with van der Waals surface area (Å²) in [5, 5.41) is 0.811. The van der Waals surface area contributed by atoms with Crippen molar-refractivity contribution in [2.45, 2.75) is 11.8 Å². The zero-order valence-corrected chi connectivity index (χ0v) is 12.1.